The number of ether oxygens (including phenoxy) is 1. The van der Waals surface area contributed by atoms with Gasteiger partial charge in [-0.2, -0.15) is 0 Å². The molecule has 8 heteroatoms. The minimum Gasteiger partial charge on any atom is -0.497 e. The second-order valence-electron chi connectivity index (χ2n) is 8.78. The molecule has 1 aromatic heterocycles. The van der Waals surface area contributed by atoms with Crippen LogP contribution in [0.4, 0.5) is 10.1 Å². The molecule has 0 spiro atoms. The smallest absolute Gasteiger partial charge is 0.247 e. The molecule has 1 unspecified atom stereocenters. The van der Waals surface area contributed by atoms with Crippen LogP contribution in [0.2, 0.25) is 0 Å². The summed E-state index contributed by atoms with van der Waals surface area (Å²) >= 11 is 0. The number of aromatic nitrogens is 2. The highest BCUT2D eigenvalue weighted by Crippen LogP contribution is 2.25. The van der Waals surface area contributed by atoms with E-state index in [-0.39, 0.29) is 11.9 Å². The predicted octanol–water partition coefficient (Wildman–Crippen LogP) is 4.39. The molecule has 3 aromatic carbocycles. The van der Waals surface area contributed by atoms with Gasteiger partial charge in [0.25, 0.3) is 0 Å². The fourth-order valence-corrected chi connectivity index (χ4v) is 4.44. The van der Waals surface area contributed by atoms with E-state index in [2.05, 4.69) is 37.4 Å². The van der Waals surface area contributed by atoms with Crippen molar-refractivity contribution in [2.24, 2.45) is 0 Å². The van der Waals surface area contributed by atoms with Crippen molar-refractivity contribution in [3.63, 3.8) is 0 Å². The second kappa shape index (κ2) is 11.3. The first-order valence-electron chi connectivity index (χ1n) is 12.2. The van der Waals surface area contributed by atoms with Gasteiger partial charge in [0.05, 0.1) is 7.11 Å². The molecule has 0 saturated carbocycles. The number of rotatable bonds is 9. The Morgan fingerprint density at radius 3 is 2.33 bits per heavy atom. The van der Waals surface area contributed by atoms with Crippen molar-refractivity contribution in [2.45, 2.75) is 6.04 Å². The van der Waals surface area contributed by atoms with Crippen molar-refractivity contribution in [1.82, 2.24) is 20.4 Å². The molecule has 1 atom stereocenters. The largest absolute Gasteiger partial charge is 0.497 e. The maximum Gasteiger partial charge on any atom is 0.247 e. The molecule has 1 aliphatic rings. The van der Waals surface area contributed by atoms with E-state index in [1.165, 1.54) is 17.8 Å². The van der Waals surface area contributed by atoms with Gasteiger partial charge >= 0.3 is 0 Å². The first kappa shape index (κ1) is 24.0. The van der Waals surface area contributed by atoms with Crippen LogP contribution in [0.5, 0.6) is 5.75 Å². The van der Waals surface area contributed by atoms with E-state index in [4.69, 9.17) is 9.15 Å². The summed E-state index contributed by atoms with van der Waals surface area (Å²) in [6.07, 6.45) is 0. The molecule has 1 saturated heterocycles. The van der Waals surface area contributed by atoms with Crippen LogP contribution < -0.4 is 15.0 Å². The Morgan fingerprint density at radius 1 is 0.917 bits per heavy atom. The van der Waals surface area contributed by atoms with Crippen LogP contribution in [0.3, 0.4) is 0 Å². The number of piperazine rings is 1. The van der Waals surface area contributed by atoms with E-state index in [1.807, 2.05) is 42.5 Å². The molecular weight excluding hydrogens is 457 g/mol. The summed E-state index contributed by atoms with van der Waals surface area (Å²) in [5.41, 5.74) is 2.96. The third-order valence-corrected chi connectivity index (χ3v) is 6.50. The molecule has 0 amide bonds. The summed E-state index contributed by atoms with van der Waals surface area (Å²) in [5, 5.41) is 12.1. The lowest BCUT2D eigenvalue weighted by molar-refractivity contribution is 0.253. The van der Waals surface area contributed by atoms with E-state index < -0.39 is 0 Å². The average molecular weight is 488 g/mol. The number of anilines is 1. The Bertz CT molecular complexity index is 1220. The maximum absolute atomic E-state index is 13.6. The minimum atomic E-state index is -0.323. The fraction of sp³-hybridized carbons (Fsp3) is 0.286. The van der Waals surface area contributed by atoms with Gasteiger partial charge in [-0.1, -0.05) is 30.3 Å². The molecule has 1 N–H and O–H groups in total. The van der Waals surface area contributed by atoms with Crippen LogP contribution in [0, 0.1) is 5.82 Å². The second-order valence-corrected chi connectivity index (χ2v) is 8.78. The van der Waals surface area contributed by atoms with Crippen molar-refractivity contribution in [3.8, 4) is 17.2 Å². The summed E-state index contributed by atoms with van der Waals surface area (Å²) in [6.45, 7) is 5.51. The highest BCUT2D eigenvalue weighted by atomic mass is 19.1. The van der Waals surface area contributed by atoms with E-state index >= 15 is 0 Å². The van der Waals surface area contributed by atoms with Gasteiger partial charge in [0.2, 0.25) is 11.8 Å². The van der Waals surface area contributed by atoms with Crippen molar-refractivity contribution in [3.05, 3.63) is 96.1 Å². The lowest BCUT2D eigenvalue weighted by Crippen LogP contribution is -2.48. The van der Waals surface area contributed by atoms with Crippen LogP contribution in [0.25, 0.3) is 11.5 Å². The molecule has 1 fully saturated rings. The third kappa shape index (κ3) is 5.72. The molecule has 0 radical (unpaired) electrons. The highest BCUT2D eigenvalue weighted by molar-refractivity contribution is 5.52. The SMILES string of the molecule is COc1ccc(N2CCN(CCNC(c3ccc(F)cc3)c3nnc(-c4ccccc4)o3)CC2)cc1. The molecule has 2 heterocycles. The molecule has 0 aliphatic carbocycles. The number of halogens is 1. The molecular formula is C28H30FN5O2. The zero-order valence-electron chi connectivity index (χ0n) is 20.3. The van der Waals surface area contributed by atoms with Gasteiger partial charge < -0.3 is 19.4 Å². The number of nitrogens with zero attached hydrogens (tertiary/aromatic N) is 4. The van der Waals surface area contributed by atoms with E-state index in [0.717, 1.165) is 56.1 Å². The molecule has 4 aromatic rings. The normalized spacial score (nSPS) is 15.1. The third-order valence-electron chi connectivity index (χ3n) is 6.50. The summed E-state index contributed by atoms with van der Waals surface area (Å²) in [7, 11) is 1.68. The first-order chi connectivity index (χ1) is 17.7. The fourth-order valence-electron chi connectivity index (χ4n) is 4.44. The maximum atomic E-state index is 13.6. The Kier molecular flexibility index (Phi) is 7.54. The van der Waals surface area contributed by atoms with Gasteiger partial charge in [-0.15, -0.1) is 10.2 Å². The molecule has 7 nitrogen and oxygen atoms in total. The van der Waals surface area contributed by atoms with Crippen molar-refractivity contribution < 1.29 is 13.5 Å². The quantitative estimate of drug-likeness (QED) is 0.376. The van der Waals surface area contributed by atoms with Crippen LogP contribution in [-0.4, -0.2) is 61.5 Å². The van der Waals surface area contributed by atoms with Crippen LogP contribution >= 0.6 is 0 Å². The number of hydrogen-bond donors (Lipinski definition) is 1. The Hall–Kier alpha value is -3.75. The number of benzene rings is 3. The van der Waals surface area contributed by atoms with E-state index in [1.54, 1.807) is 19.2 Å². The van der Waals surface area contributed by atoms with E-state index in [9.17, 15) is 4.39 Å². The molecule has 5 rings (SSSR count). The monoisotopic (exact) mass is 487 g/mol. The van der Waals surface area contributed by atoms with Gasteiger partial charge in [-0.3, -0.25) is 4.90 Å². The summed E-state index contributed by atoms with van der Waals surface area (Å²) in [4.78, 5) is 4.84. The highest BCUT2D eigenvalue weighted by Gasteiger charge is 2.22. The Morgan fingerprint density at radius 2 is 1.64 bits per heavy atom. The predicted molar refractivity (Wildman–Crippen MR) is 138 cm³/mol. The van der Waals surface area contributed by atoms with Crippen molar-refractivity contribution in [1.29, 1.82) is 0 Å². The van der Waals surface area contributed by atoms with Crippen LogP contribution in [0.15, 0.2) is 83.3 Å². The number of nitrogens with one attached hydrogen (secondary N) is 1. The van der Waals surface area contributed by atoms with Gasteiger partial charge in [-0.25, -0.2) is 4.39 Å². The molecule has 186 valence electrons. The zero-order chi connectivity index (χ0) is 24.7. The number of methoxy groups -OCH3 is 1. The standard InChI is InChI=1S/C28H30FN5O2/c1-35-25-13-11-24(12-14-25)34-19-17-33(18-20-34)16-15-30-26(21-7-9-23(29)10-8-21)28-32-31-27(36-28)22-5-3-2-4-6-22/h2-14,26,30H,15-20H2,1H3. The van der Waals surface area contributed by atoms with E-state index in [0.29, 0.717) is 11.8 Å². The summed E-state index contributed by atoms with van der Waals surface area (Å²) < 4.78 is 24.9. The summed E-state index contributed by atoms with van der Waals surface area (Å²) in [6, 6.07) is 24.0. The van der Waals surface area contributed by atoms with Gasteiger partial charge in [0, 0.05) is 50.5 Å². The van der Waals surface area contributed by atoms with Crippen molar-refractivity contribution in [2.75, 3.05) is 51.3 Å². The molecule has 0 bridgehead atoms. The number of hydrogen-bond acceptors (Lipinski definition) is 7. The average Bonchev–Trinajstić information content (AvgIpc) is 3.43. The Labute approximate surface area is 210 Å². The molecule has 1 aliphatic heterocycles. The minimum absolute atomic E-state index is 0.275. The Balaban J connectivity index is 1.20. The van der Waals surface area contributed by atoms with Crippen molar-refractivity contribution >= 4 is 5.69 Å². The van der Waals surface area contributed by atoms with Gasteiger partial charge in [0.1, 0.15) is 17.6 Å². The topological polar surface area (TPSA) is 66.7 Å². The zero-order valence-corrected chi connectivity index (χ0v) is 20.3. The van der Waals surface area contributed by atoms with Crippen LogP contribution in [0.1, 0.15) is 17.5 Å². The first-order valence-corrected chi connectivity index (χ1v) is 12.2. The van der Waals surface area contributed by atoms with Gasteiger partial charge in [-0.05, 0) is 54.1 Å². The van der Waals surface area contributed by atoms with Gasteiger partial charge in [0.15, 0.2) is 0 Å². The summed E-state index contributed by atoms with van der Waals surface area (Å²) in [5.74, 6) is 1.53. The lowest BCUT2D eigenvalue weighted by atomic mass is 10.1. The molecule has 36 heavy (non-hydrogen) atoms. The lowest BCUT2D eigenvalue weighted by Gasteiger charge is -2.36. The van der Waals surface area contributed by atoms with Crippen LogP contribution in [-0.2, 0) is 0 Å².